The number of amides is 1. The van der Waals surface area contributed by atoms with Crippen molar-refractivity contribution in [3.63, 3.8) is 0 Å². The quantitative estimate of drug-likeness (QED) is 0.826. The summed E-state index contributed by atoms with van der Waals surface area (Å²) in [7, 11) is 2.05. The van der Waals surface area contributed by atoms with Crippen molar-refractivity contribution in [3.05, 3.63) is 70.8 Å². The molecule has 0 radical (unpaired) electrons. The molecule has 1 aliphatic heterocycles. The Labute approximate surface area is 155 Å². The Morgan fingerprint density at radius 3 is 2.38 bits per heavy atom. The standard InChI is InChI=1S/C22H25N3O/c1-24(16-19-8-5-7-18(13-19)15-23)17-20-9-6-10-21(14-20)22(26)25-11-3-2-4-12-25/h5-10,13-14H,2-4,11-12,16-17H2,1H3. The van der Waals surface area contributed by atoms with Crippen LogP contribution in [0.3, 0.4) is 0 Å². The van der Waals surface area contributed by atoms with Gasteiger partial charge in [0.2, 0.25) is 0 Å². The molecule has 4 heteroatoms. The molecule has 0 bridgehead atoms. The van der Waals surface area contributed by atoms with E-state index in [-0.39, 0.29) is 5.91 Å². The van der Waals surface area contributed by atoms with E-state index in [9.17, 15) is 4.79 Å². The van der Waals surface area contributed by atoms with Crippen molar-refractivity contribution in [2.75, 3.05) is 20.1 Å². The molecule has 134 valence electrons. The molecule has 0 spiro atoms. The van der Waals surface area contributed by atoms with E-state index in [0.29, 0.717) is 5.56 Å². The lowest BCUT2D eigenvalue weighted by molar-refractivity contribution is 0.0724. The fourth-order valence-electron chi connectivity index (χ4n) is 3.50. The largest absolute Gasteiger partial charge is 0.339 e. The van der Waals surface area contributed by atoms with Gasteiger partial charge in [0.15, 0.2) is 0 Å². The fraction of sp³-hybridized carbons (Fsp3) is 0.364. The SMILES string of the molecule is CN(Cc1cccc(C#N)c1)Cc1cccc(C(=O)N2CCCCC2)c1. The van der Waals surface area contributed by atoms with Crippen LogP contribution in [-0.4, -0.2) is 35.8 Å². The highest BCUT2D eigenvalue weighted by molar-refractivity contribution is 5.94. The number of nitrogens with zero attached hydrogens (tertiary/aromatic N) is 3. The van der Waals surface area contributed by atoms with Crippen LogP contribution < -0.4 is 0 Å². The molecule has 0 aromatic heterocycles. The lowest BCUT2D eigenvalue weighted by atomic mass is 10.1. The van der Waals surface area contributed by atoms with Crippen LogP contribution in [0, 0.1) is 11.3 Å². The average molecular weight is 347 g/mol. The van der Waals surface area contributed by atoms with E-state index < -0.39 is 0 Å². The van der Waals surface area contributed by atoms with Crippen LogP contribution in [0.25, 0.3) is 0 Å². The van der Waals surface area contributed by atoms with Crippen molar-refractivity contribution in [2.24, 2.45) is 0 Å². The highest BCUT2D eigenvalue weighted by Crippen LogP contribution is 2.16. The molecule has 4 nitrogen and oxygen atoms in total. The Hall–Kier alpha value is -2.64. The van der Waals surface area contributed by atoms with Crippen LogP contribution in [0.15, 0.2) is 48.5 Å². The summed E-state index contributed by atoms with van der Waals surface area (Å²) >= 11 is 0. The lowest BCUT2D eigenvalue weighted by Crippen LogP contribution is -2.35. The maximum atomic E-state index is 12.7. The summed E-state index contributed by atoms with van der Waals surface area (Å²) in [6.45, 7) is 3.27. The molecule has 0 N–H and O–H groups in total. The summed E-state index contributed by atoms with van der Waals surface area (Å²) in [4.78, 5) is 16.8. The van der Waals surface area contributed by atoms with Gasteiger partial charge < -0.3 is 4.90 Å². The summed E-state index contributed by atoms with van der Waals surface area (Å²) in [6.07, 6.45) is 3.44. The predicted octanol–water partition coefficient (Wildman–Crippen LogP) is 3.82. The predicted molar refractivity (Wildman–Crippen MR) is 103 cm³/mol. The van der Waals surface area contributed by atoms with Crippen LogP contribution in [-0.2, 0) is 13.1 Å². The molecule has 3 rings (SSSR count). The Morgan fingerprint density at radius 1 is 1.04 bits per heavy atom. The monoisotopic (exact) mass is 347 g/mol. The van der Waals surface area contributed by atoms with Crippen LogP contribution in [0.1, 0.15) is 46.3 Å². The minimum absolute atomic E-state index is 0.149. The van der Waals surface area contributed by atoms with Gasteiger partial charge in [0.05, 0.1) is 11.6 Å². The van der Waals surface area contributed by atoms with Gasteiger partial charge in [-0.25, -0.2) is 0 Å². The molecular weight excluding hydrogens is 322 g/mol. The van der Waals surface area contributed by atoms with Gasteiger partial charge in [-0.3, -0.25) is 9.69 Å². The van der Waals surface area contributed by atoms with Crippen molar-refractivity contribution >= 4 is 5.91 Å². The number of carbonyl (C=O) groups excluding carboxylic acids is 1. The second kappa shape index (κ2) is 8.64. The first kappa shape index (κ1) is 18.2. The van der Waals surface area contributed by atoms with E-state index in [0.717, 1.165) is 55.7 Å². The molecule has 2 aromatic rings. The van der Waals surface area contributed by atoms with Crippen molar-refractivity contribution in [2.45, 2.75) is 32.4 Å². The van der Waals surface area contributed by atoms with Crippen LogP contribution in [0.5, 0.6) is 0 Å². The first-order valence-electron chi connectivity index (χ1n) is 9.21. The molecule has 1 aliphatic rings. The molecular formula is C22H25N3O. The summed E-state index contributed by atoms with van der Waals surface area (Å²) in [6, 6.07) is 17.8. The van der Waals surface area contributed by atoms with Gasteiger partial charge in [0.1, 0.15) is 0 Å². The molecule has 1 saturated heterocycles. The number of carbonyl (C=O) groups is 1. The third-order valence-electron chi connectivity index (χ3n) is 4.78. The van der Waals surface area contributed by atoms with Crippen molar-refractivity contribution in [1.29, 1.82) is 5.26 Å². The number of hydrogen-bond donors (Lipinski definition) is 0. The summed E-state index contributed by atoms with van der Waals surface area (Å²) in [5, 5.41) is 9.02. The summed E-state index contributed by atoms with van der Waals surface area (Å²) < 4.78 is 0. The number of likely N-dealkylation sites (tertiary alicyclic amines) is 1. The summed E-state index contributed by atoms with van der Waals surface area (Å²) in [5.41, 5.74) is 3.72. The minimum atomic E-state index is 0.149. The molecule has 26 heavy (non-hydrogen) atoms. The van der Waals surface area contributed by atoms with Gasteiger partial charge in [0, 0.05) is 31.7 Å². The normalized spacial score (nSPS) is 14.3. The van der Waals surface area contributed by atoms with E-state index in [2.05, 4.69) is 24.1 Å². The topological polar surface area (TPSA) is 47.3 Å². The number of rotatable bonds is 5. The van der Waals surface area contributed by atoms with Gasteiger partial charge in [0.25, 0.3) is 5.91 Å². The zero-order valence-corrected chi connectivity index (χ0v) is 15.3. The van der Waals surface area contributed by atoms with Crippen LogP contribution in [0.4, 0.5) is 0 Å². The zero-order valence-electron chi connectivity index (χ0n) is 15.3. The first-order valence-corrected chi connectivity index (χ1v) is 9.21. The summed E-state index contributed by atoms with van der Waals surface area (Å²) in [5.74, 6) is 0.149. The molecule has 1 fully saturated rings. The number of hydrogen-bond acceptors (Lipinski definition) is 3. The second-order valence-corrected chi connectivity index (χ2v) is 7.04. The van der Waals surface area contributed by atoms with Crippen molar-refractivity contribution in [3.8, 4) is 6.07 Å². The molecule has 1 amide bonds. The first-order chi connectivity index (χ1) is 12.7. The third-order valence-corrected chi connectivity index (χ3v) is 4.78. The highest BCUT2D eigenvalue weighted by Gasteiger charge is 2.18. The van der Waals surface area contributed by atoms with Gasteiger partial charge in [-0.2, -0.15) is 5.26 Å². The van der Waals surface area contributed by atoms with Crippen LogP contribution >= 0.6 is 0 Å². The van der Waals surface area contributed by atoms with Gasteiger partial charge in [-0.05, 0) is 61.7 Å². The molecule has 0 saturated carbocycles. The van der Waals surface area contributed by atoms with E-state index >= 15 is 0 Å². The second-order valence-electron chi connectivity index (χ2n) is 7.04. The Morgan fingerprint density at radius 2 is 1.69 bits per heavy atom. The Balaban J connectivity index is 1.64. The van der Waals surface area contributed by atoms with E-state index in [1.807, 2.05) is 47.4 Å². The van der Waals surface area contributed by atoms with Gasteiger partial charge in [-0.15, -0.1) is 0 Å². The average Bonchev–Trinajstić information content (AvgIpc) is 2.68. The Kier molecular flexibility index (Phi) is 6.04. The van der Waals surface area contributed by atoms with Gasteiger partial charge >= 0.3 is 0 Å². The molecule has 0 aliphatic carbocycles. The minimum Gasteiger partial charge on any atom is -0.339 e. The van der Waals surface area contributed by atoms with Gasteiger partial charge in [-0.1, -0.05) is 24.3 Å². The highest BCUT2D eigenvalue weighted by atomic mass is 16.2. The molecule has 1 heterocycles. The Bertz CT molecular complexity index is 803. The van der Waals surface area contributed by atoms with Crippen molar-refractivity contribution < 1.29 is 4.79 Å². The maximum absolute atomic E-state index is 12.7. The van der Waals surface area contributed by atoms with Crippen LogP contribution in [0.2, 0.25) is 0 Å². The molecule has 0 unspecified atom stereocenters. The third kappa shape index (κ3) is 4.71. The number of nitriles is 1. The number of piperidine rings is 1. The molecule has 0 atom stereocenters. The van der Waals surface area contributed by atoms with E-state index in [4.69, 9.17) is 5.26 Å². The maximum Gasteiger partial charge on any atom is 0.253 e. The van der Waals surface area contributed by atoms with E-state index in [1.165, 1.54) is 6.42 Å². The fourth-order valence-corrected chi connectivity index (χ4v) is 3.50. The number of benzene rings is 2. The molecule has 2 aromatic carbocycles. The smallest absolute Gasteiger partial charge is 0.253 e. The van der Waals surface area contributed by atoms with Crippen molar-refractivity contribution in [1.82, 2.24) is 9.80 Å². The zero-order chi connectivity index (χ0) is 18.4. The lowest BCUT2D eigenvalue weighted by Gasteiger charge is -2.27. The van der Waals surface area contributed by atoms with E-state index in [1.54, 1.807) is 0 Å².